The highest BCUT2D eigenvalue weighted by Gasteiger charge is 2.25. The lowest BCUT2D eigenvalue weighted by molar-refractivity contribution is 0.145. The van der Waals surface area contributed by atoms with Gasteiger partial charge in [-0.25, -0.2) is 0 Å². The Morgan fingerprint density at radius 1 is 1.47 bits per heavy atom. The van der Waals surface area contributed by atoms with Gasteiger partial charge in [-0.2, -0.15) is 0 Å². The van der Waals surface area contributed by atoms with E-state index in [4.69, 9.17) is 17.0 Å². The van der Waals surface area contributed by atoms with Gasteiger partial charge in [-0.1, -0.05) is 6.92 Å². The van der Waals surface area contributed by atoms with Crippen LogP contribution in [0.4, 0.5) is 0 Å². The van der Waals surface area contributed by atoms with Crippen molar-refractivity contribution in [2.75, 3.05) is 26.3 Å². The summed E-state index contributed by atoms with van der Waals surface area (Å²) in [4.78, 5) is 2.34. The van der Waals surface area contributed by atoms with Crippen LogP contribution in [0, 0.1) is 5.92 Å². The Balaban J connectivity index is 2.22. The molecule has 0 amide bonds. The third kappa shape index (κ3) is 4.80. The summed E-state index contributed by atoms with van der Waals surface area (Å²) >= 11 is 5.46. The first kappa shape index (κ1) is 14.7. The summed E-state index contributed by atoms with van der Waals surface area (Å²) in [6.07, 6.45) is 3.60. The fraction of sp³-hybridized carbons (Fsp3) is 0.923. The van der Waals surface area contributed by atoms with Gasteiger partial charge in [0.25, 0.3) is 0 Å². The average Bonchev–Trinajstić information content (AvgIpc) is 2.32. The molecule has 1 fully saturated rings. The van der Waals surface area contributed by atoms with E-state index in [1.165, 1.54) is 12.8 Å². The minimum atomic E-state index is 0.565. The molecule has 0 saturated carbocycles. The van der Waals surface area contributed by atoms with Crippen molar-refractivity contribution in [3.8, 4) is 0 Å². The van der Waals surface area contributed by atoms with Crippen LogP contribution in [-0.2, 0) is 4.74 Å². The van der Waals surface area contributed by atoms with Crippen molar-refractivity contribution in [3.05, 3.63) is 0 Å². The standard InChI is InChI=1S/C13H26N2OS/c1-4-16-10-6-8-14-13(17)15-9-5-7-11(2)12(15)3/h11-12H,4-10H2,1-3H3,(H,14,17). The maximum Gasteiger partial charge on any atom is 0.169 e. The molecule has 2 atom stereocenters. The van der Waals surface area contributed by atoms with Crippen LogP contribution >= 0.6 is 12.2 Å². The first-order valence-electron chi connectivity index (χ1n) is 6.79. The highest BCUT2D eigenvalue weighted by Crippen LogP contribution is 2.22. The molecule has 1 rings (SSSR count). The molecule has 1 heterocycles. The van der Waals surface area contributed by atoms with Gasteiger partial charge in [-0.3, -0.25) is 0 Å². The Labute approximate surface area is 111 Å². The van der Waals surface area contributed by atoms with Gasteiger partial charge < -0.3 is 15.0 Å². The van der Waals surface area contributed by atoms with Gasteiger partial charge in [0.05, 0.1) is 0 Å². The second-order valence-corrected chi connectivity index (χ2v) is 5.22. The number of nitrogens with one attached hydrogen (secondary N) is 1. The molecule has 2 unspecified atom stereocenters. The van der Waals surface area contributed by atoms with Gasteiger partial charge >= 0.3 is 0 Å². The van der Waals surface area contributed by atoms with E-state index in [0.717, 1.165) is 43.8 Å². The molecule has 1 saturated heterocycles. The minimum Gasteiger partial charge on any atom is -0.382 e. The molecule has 0 aromatic rings. The van der Waals surface area contributed by atoms with Crippen LogP contribution in [0.25, 0.3) is 0 Å². The van der Waals surface area contributed by atoms with Gasteiger partial charge in [0.15, 0.2) is 5.11 Å². The van der Waals surface area contributed by atoms with Gasteiger partial charge in [-0.05, 0) is 51.2 Å². The smallest absolute Gasteiger partial charge is 0.169 e. The molecule has 4 heteroatoms. The predicted octanol–water partition coefficient (Wildman–Crippen LogP) is 2.41. The molecule has 0 aliphatic carbocycles. The number of hydrogen-bond acceptors (Lipinski definition) is 2. The number of piperidine rings is 1. The van der Waals surface area contributed by atoms with E-state index < -0.39 is 0 Å². The molecular weight excluding hydrogens is 232 g/mol. The summed E-state index contributed by atoms with van der Waals surface area (Å²) in [6, 6.07) is 0.565. The molecule has 0 bridgehead atoms. The highest BCUT2D eigenvalue weighted by molar-refractivity contribution is 7.80. The summed E-state index contributed by atoms with van der Waals surface area (Å²) < 4.78 is 5.30. The number of rotatable bonds is 5. The molecule has 100 valence electrons. The van der Waals surface area contributed by atoms with Crippen LogP contribution in [0.1, 0.15) is 40.0 Å². The zero-order valence-electron chi connectivity index (χ0n) is 11.4. The number of ether oxygens (including phenoxy) is 1. The predicted molar refractivity (Wildman–Crippen MR) is 76.3 cm³/mol. The second-order valence-electron chi connectivity index (χ2n) is 4.84. The Hall–Kier alpha value is -0.350. The molecule has 1 N–H and O–H groups in total. The molecule has 1 aliphatic rings. The van der Waals surface area contributed by atoms with E-state index in [9.17, 15) is 0 Å². The van der Waals surface area contributed by atoms with E-state index in [2.05, 4.69) is 24.1 Å². The maximum atomic E-state index is 5.46. The normalized spacial score (nSPS) is 24.8. The lowest BCUT2D eigenvalue weighted by Crippen LogP contribution is -2.50. The Morgan fingerprint density at radius 2 is 2.24 bits per heavy atom. The SMILES string of the molecule is CCOCCCNC(=S)N1CCCC(C)C1C. The molecule has 17 heavy (non-hydrogen) atoms. The first-order valence-corrected chi connectivity index (χ1v) is 7.19. The van der Waals surface area contributed by atoms with Crippen molar-refractivity contribution in [2.24, 2.45) is 5.92 Å². The lowest BCUT2D eigenvalue weighted by Gasteiger charge is -2.39. The number of nitrogens with zero attached hydrogens (tertiary/aromatic N) is 1. The van der Waals surface area contributed by atoms with Crippen LogP contribution in [0.3, 0.4) is 0 Å². The number of thiocarbonyl (C=S) groups is 1. The van der Waals surface area contributed by atoms with Crippen LogP contribution in [0.2, 0.25) is 0 Å². The molecule has 3 nitrogen and oxygen atoms in total. The van der Waals surface area contributed by atoms with Crippen molar-refractivity contribution >= 4 is 17.3 Å². The van der Waals surface area contributed by atoms with Crippen molar-refractivity contribution in [3.63, 3.8) is 0 Å². The van der Waals surface area contributed by atoms with Crippen LogP contribution in [-0.4, -0.2) is 42.4 Å². The van der Waals surface area contributed by atoms with Gasteiger partial charge in [0.2, 0.25) is 0 Å². The Morgan fingerprint density at radius 3 is 2.94 bits per heavy atom. The zero-order valence-corrected chi connectivity index (χ0v) is 12.2. The summed E-state index contributed by atoms with van der Waals surface area (Å²) in [6.45, 7) is 10.2. The van der Waals surface area contributed by atoms with E-state index in [1.54, 1.807) is 0 Å². The van der Waals surface area contributed by atoms with Crippen LogP contribution in [0.15, 0.2) is 0 Å². The zero-order chi connectivity index (χ0) is 12.7. The average molecular weight is 258 g/mol. The first-order chi connectivity index (χ1) is 8.16. The molecule has 0 aromatic heterocycles. The van der Waals surface area contributed by atoms with Gasteiger partial charge in [0.1, 0.15) is 0 Å². The minimum absolute atomic E-state index is 0.565. The monoisotopic (exact) mass is 258 g/mol. The molecule has 0 spiro atoms. The number of hydrogen-bond donors (Lipinski definition) is 1. The van der Waals surface area contributed by atoms with Gasteiger partial charge in [-0.15, -0.1) is 0 Å². The Kier molecular flexibility index (Phi) is 6.82. The molecule has 0 radical (unpaired) electrons. The third-order valence-corrected chi connectivity index (χ3v) is 3.96. The second kappa shape index (κ2) is 7.88. The quantitative estimate of drug-likeness (QED) is 0.604. The summed E-state index contributed by atoms with van der Waals surface area (Å²) in [5.74, 6) is 0.743. The van der Waals surface area contributed by atoms with Gasteiger partial charge in [0, 0.05) is 32.3 Å². The fourth-order valence-corrected chi connectivity index (χ4v) is 2.60. The molecule has 1 aliphatic heterocycles. The van der Waals surface area contributed by atoms with E-state index in [-0.39, 0.29) is 0 Å². The number of likely N-dealkylation sites (tertiary alicyclic amines) is 1. The van der Waals surface area contributed by atoms with Crippen molar-refractivity contribution in [1.82, 2.24) is 10.2 Å². The van der Waals surface area contributed by atoms with Crippen molar-refractivity contribution in [2.45, 2.75) is 46.1 Å². The summed E-state index contributed by atoms with van der Waals surface area (Å²) in [5.41, 5.74) is 0. The van der Waals surface area contributed by atoms with E-state index in [0.29, 0.717) is 6.04 Å². The van der Waals surface area contributed by atoms with E-state index >= 15 is 0 Å². The fourth-order valence-electron chi connectivity index (χ4n) is 2.24. The Bertz CT molecular complexity index is 235. The summed E-state index contributed by atoms with van der Waals surface area (Å²) in [7, 11) is 0. The highest BCUT2D eigenvalue weighted by atomic mass is 32.1. The largest absolute Gasteiger partial charge is 0.382 e. The summed E-state index contributed by atoms with van der Waals surface area (Å²) in [5, 5.41) is 4.26. The van der Waals surface area contributed by atoms with Crippen molar-refractivity contribution < 1.29 is 4.74 Å². The molecular formula is C13H26N2OS. The topological polar surface area (TPSA) is 24.5 Å². The van der Waals surface area contributed by atoms with Crippen LogP contribution < -0.4 is 5.32 Å². The van der Waals surface area contributed by atoms with Crippen molar-refractivity contribution in [1.29, 1.82) is 0 Å². The molecule has 0 aromatic carbocycles. The maximum absolute atomic E-state index is 5.46. The van der Waals surface area contributed by atoms with Crippen LogP contribution in [0.5, 0.6) is 0 Å². The third-order valence-electron chi connectivity index (χ3n) is 3.58. The van der Waals surface area contributed by atoms with E-state index in [1.807, 2.05) is 6.92 Å². The lowest BCUT2D eigenvalue weighted by atomic mass is 9.92.